The summed E-state index contributed by atoms with van der Waals surface area (Å²) in [7, 11) is 1.49. The van der Waals surface area contributed by atoms with Crippen molar-refractivity contribution in [3.63, 3.8) is 0 Å². The van der Waals surface area contributed by atoms with E-state index in [1.165, 1.54) is 13.4 Å². The van der Waals surface area contributed by atoms with E-state index in [0.29, 0.717) is 11.6 Å². The van der Waals surface area contributed by atoms with Gasteiger partial charge in [0, 0.05) is 4.47 Å². The van der Waals surface area contributed by atoms with Gasteiger partial charge in [0.05, 0.1) is 7.11 Å². The van der Waals surface area contributed by atoms with Gasteiger partial charge < -0.3 is 15.2 Å². The van der Waals surface area contributed by atoms with Crippen molar-refractivity contribution in [3.05, 3.63) is 34.6 Å². The van der Waals surface area contributed by atoms with Crippen molar-refractivity contribution in [1.82, 2.24) is 9.97 Å². The summed E-state index contributed by atoms with van der Waals surface area (Å²) in [4.78, 5) is 7.89. The number of hydrogen-bond donors (Lipinski definition) is 1. The quantitative estimate of drug-likeness (QED) is 0.944. The molecular weight excluding hydrogens is 298 g/mol. The molecule has 0 amide bonds. The predicted molar refractivity (Wildman–Crippen MR) is 71.9 cm³/mol. The van der Waals surface area contributed by atoms with Crippen LogP contribution in [-0.2, 0) is 0 Å². The minimum absolute atomic E-state index is 0.280. The molecule has 2 aromatic rings. The molecule has 1 aromatic heterocycles. The lowest BCUT2D eigenvalue weighted by atomic mass is 10.2. The van der Waals surface area contributed by atoms with Crippen LogP contribution in [0.15, 0.2) is 29.0 Å². The molecule has 94 valence electrons. The Labute approximate surface area is 113 Å². The summed E-state index contributed by atoms with van der Waals surface area (Å²) in [5.41, 5.74) is 7.09. The van der Waals surface area contributed by atoms with Gasteiger partial charge in [-0.25, -0.2) is 0 Å². The largest absolute Gasteiger partial charge is 0.479 e. The van der Waals surface area contributed by atoms with Gasteiger partial charge in [0.2, 0.25) is 11.8 Å². The molecule has 5 nitrogen and oxygen atoms in total. The summed E-state index contributed by atoms with van der Waals surface area (Å²) in [5.74, 6) is 1.27. The van der Waals surface area contributed by atoms with Crippen LogP contribution in [0.3, 0.4) is 0 Å². The summed E-state index contributed by atoms with van der Waals surface area (Å²) in [6.45, 7) is 1.94. The zero-order valence-electron chi connectivity index (χ0n) is 9.98. The van der Waals surface area contributed by atoms with Crippen molar-refractivity contribution in [2.45, 2.75) is 6.92 Å². The average Bonchev–Trinajstić information content (AvgIpc) is 2.35. The molecule has 2 rings (SSSR count). The highest BCUT2D eigenvalue weighted by Crippen LogP contribution is 2.32. The molecule has 0 radical (unpaired) electrons. The second-order valence-corrected chi connectivity index (χ2v) is 4.53. The lowest BCUT2D eigenvalue weighted by Crippen LogP contribution is -2.01. The van der Waals surface area contributed by atoms with Crippen LogP contribution in [0.25, 0.3) is 0 Å². The number of benzene rings is 1. The summed E-state index contributed by atoms with van der Waals surface area (Å²) in [5, 5.41) is 0. The highest BCUT2D eigenvalue weighted by molar-refractivity contribution is 9.10. The number of methoxy groups -OCH3 is 1. The van der Waals surface area contributed by atoms with E-state index in [2.05, 4.69) is 25.9 Å². The fraction of sp³-hybridized carbons (Fsp3) is 0.167. The Kier molecular flexibility index (Phi) is 3.66. The van der Waals surface area contributed by atoms with Gasteiger partial charge in [-0.05, 0) is 30.7 Å². The standard InChI is InChI=1S/C12H12BrN3O2/c1-7-5-8(13)3-4-9(7)18-12-10(14)11(17-2)15-6-16-12/h3-6H,14H2,1-2H3. The Morgan fingerprint density at radius 3 is 2.61 bits per heavy atom. The van der Waals surface area contributed by atoms with E-state index in [0.717, 1.165) is 10.0 Å². The highest BCUT2D eigenvalue weighted by atomic mass is 79.9. The second kappa shape index (κ2) is 5.22. The third-order valence-corrected chi connectivity index (χ3v) is 2.84. The molecule has 18 heavy (non-hydrogen) atoms. The van der Waals surface area contributed by atoms with Crippen LogP contribution in [0.1, 0.15) is 5.56 Å². The maximum absolute atomic E-state index is 5.84. The molecule has 0 unspecified atom stereocenters. The molecule has 0 aliphatic carbocycles. The van der Waals surface area contributed by atoms with Gasteiger partial charge in [-0.15, -0.1) is 0 Å². The number of hydrogen-bond acceptors (Lipinski definition) is 5. The summed E-state index contributed by atoms with van der Waals surface area (Å²) < 4.78 is 11.7. The van der Waals surface area contributed by atoms with Gasteiger partial charge in [0.15, 0.2) is 5.69 Å². The van der Waals surface area contributed by atoms with Crippen LogP contribution in [-0.4, -0.2) is 17.1 Å². The molecule has 1 heterocycles. The summed E-state index contributed by atoms with van der Waals surface area (Å²) in [6.07, 6.45) is 1.35. The van der Waals surface area contributed by atoms with E-state index in [-0.39, 0.29) is 11.6 Å². The number of anilines is 1. The number of nitrogen functional groups attached to an aromatic ring is 1. The first-order valence-corrected chi connectivity index (χ1v) is 5.99. The minimum atomic E-state index is 0.280. The van der Waals surface area contributed by atoms with Crippen molar-refractivity contribution in [1.29, 1.82) is 0 Å². The molecule has 1 aromatic carbocycles. The van der Waals surface area contributed by atoms with Crippen molar-refractivity contribution in [2.75, 3.05) is 12.8 Å². The number of nitrogens with zero attached hydrogens (tertiary/aromatic N) is 2. The van der Waals surface area contributed by atoms with Crippen molar-refractivity contribution >= 4 is 21.6 Å². The summed E-state index contributed by atoms with van der Waals surface area (Å²) in [6, 6.07) is 5.67. The Hall–Kier alpha value is -1.82. The Morgan fingerprint density at radius 2 is 1.94 bits per heavy atom. The van der Waals surface area contributed by atoms with Crippen LogP contribution in [0.4, 0.5) is 5.69 Å². The fourth-order valence-corrected chi connectivity index (χ4v) is 1.92. The molecule has 0 saturated carbocycles. The molecule has 0 bridgehead atoms. The molecule has 6 heteroatoms. The van der Waals surface area contributed by atoms with Crippen molar-refractivity contribution in [2.24, 2.45) is 0 Å². The normalized spacial score (nSPS) is 10.2. The Balaban J connectivity index is 2.34. The van der Waals surface area contributed by atoms with Gasteiger partial charge in [-0.3, -0.25) is 0 Å². The lowest BCUT2D eigenvalue weighted by Gasteiger charge is -2.11. The van der Waals surface area contributed by atoms with Gasteiger partial charge >= 0.3 is 0 Å². The van der Waals surface area contributed by atoms with E-state index in [1.54, 1.807) is 0 Å². The fourth-order valence-electron chi connectivity index (χ4n) is 1.44. The molecule has 0 spiro atoms. The molecule has 2 N–H and O–H groups in total. The van der Waals surface area contributed by atoms with Crippen molar-refractivity contribution < 1.29 is 9.47 Å². The topological polar surface area (TPSA) is 70.3 Å². The van der Waals surface area contributed by atoms with E-state index in [1.807, 2.05) is 25.1 Å². The van der Waals surface area contributed by atoms with Crippen LogP contribution in [0.2, 0.25) is 0 Å². The zero-order valence-corrected chi connectivity index (χ0v) is 11.6. The first-order chi connectivity index (χ1) is 8.61. The third-order valence-electron chi connectivity index (χ3n) is 2.35. The second-order valence-electron chi connectivity index (χ2n) is 3.61. The van der Waals surface area contributed by atoms with Crippen LogP contribution >= 0.6 is 15.9 Å². The summed E-state index contributed by atoms with van der Waals surface area (Å²) >= 11 is 3.39. The lowest BCUT2D eigenvalue weighted by molar-refractivity contribution is 0.391. The molecule has 0 fully saturated rings. The van der Waals surface area contributed by atoms with Crippen LogP contribution in [0, 0.1) is 6.92 Å². The van der Waals surface area contributed by atoms with Gasteiger partial charge in [0.1, 0.15) is 12.1 Å². The first kappa shape index (κ1) is 12.6. The van der Waals surface area contributed by atoms with E-state index >= 15 is 0 Å². The van der Waals surface area contributed by atoms with Crippen molar-refractivity contribution in [3.8, 4) is 17.5 Å². The zero-order chi connectivity index (χ0) is 13.1. The van der Waals surface area contributed by atoms with E-state index in [9.17, 15) is 0 Å². The van der Waals surface area contributed by atoms with Gasteiger partial charge in [-0.2, -0.15) is 9.97 Å². The molecule has 0 aliphatic heterocycles. The number of nitrogens with two attached hydrogens (primary N) is 1. The number of halogens is 1. The molecule has 0 aliphatic rings. The maximum atomic E-state index is 5.84. The molecular formula is C12H12BrN3O2. The Morgan fingerprint density at radius 1 is 1.22 bits per heavy atom. The smallest absolute Gasteiger partial charge is 0.249 e. The number of ether oxygens (including phenoxy) is 2. The van der Waals surface area contributed by atoms with E-state index in [4.69, 9.17) is 15.2 Å². The van der Waals surface area contributed by atoms with Gasteiger partial charge in [-0.1, -0.05) is 15.9 Å². The van der Waals surface area contributed by atoms with Crippen LogP contribution < -0.4 is 15.2 Å². The van der Waals surface area contributed by atoms with Gasteiger partial charge in [0.25, 0.3) is 0 Å². The number of aryl methyl sites for hydroxylation is 1. The Bertz CT molecular complexity index is 575. The highest BCUT2D eigenvalue weighted by Gasteiger charge is 2.11. The monoisotopic (exact) mass is 309 g/mol. The number of aromatic nitrogens is 2. The van der Waals surface area contributed by atoms with Crippen LogP contribution in [0.5, 0.6) is 17.5 Å². The molecule has 0 atom stereocenters. The molecule has 0 saturated heterocycles. The SMILES string of the molecule is COc1ncnc(Oc2ccc(Br)cc2C)c1N. The maximum Gasteiger partial charge on any atom is 0.249 e. The average molecular weight is 310 g/mol. The third kappa shape index (κ3) is 2.53. The number of rotatable bonds is 3. The first-order valence-electron chi connectivity index (χ1n) is 5.20. The predicted octanol–water partition coefficient (Wildman–Crippen LogP) is 2.93. The van der Waals surface area contributed by atoms with E-state index < -0.39 is 0 Å². The minimum Gasteiger partial charge on any atom is -0.479 e.